The summed E-state index contributed by atoms with van der Waals surface area (Å²) in [6.07, 6.45) is 7.14. The number of fused-ring (bicyclic) bond motifs is 1. The van der Waals surface area contributed by atoms with E-state index in [1.807, 2.05) is 0 Å². The number of hydrogen-bond donors (Lipinski definition) is 1. The highest BCUT2D eigenvalue weighted by Crippen LogP contribution is 2.50. The van der Waals surface area contributed by atoms with Gasteiger partial charge in [-0.15, -0.1) is 4.91 Å². The summed E-state index contributed by atoms with van der Waals surface area (Å²) in [6.45, 7) is 0. The minimum Gasteiger partial charge on any atom is -0.350 e. The number of nitrogens with zero attached hydrogens (tertiary/aromatic N) is 2. The summed E-state index contributed by atoms with van der Waals surface area (Å²) in [6, 6.07) is -0.708. The van der Waals surface area contributed by atoms with E-state index in [0.29, 0.717) is 11.8 Å². The smallest absolute Gasteiger partial charge is 0.338 e. The van der Waals surface area contributed by atoms with E-state index < -0.39 is 6.03 Å². The van der Waals surface area contributed by atoms with Crippen LogP contribution < -0.4 is 5.73 Å². The van der Waals surface area contributed by atoms with Crippen molar-refractivity contribution < 1.29 is 4.79 Å². The average Bonchev–Trinajstić information content (AvgIpc) is 2.77. The number of hydrogen-bond acceptors (Lipinski definition) is 3. The third-order valence-electron chi connectivity index (χ3n) is 3.71. The highest BCUT2D eigenvalue weighted by molar-refractivity contribution is 5.72. The lowest BCUT2D eigenvalue weighted by molar-refractivity contribution is 0.201. The number of carbonyl (C=O) groups excluding carboxylic acids is 1. The first-order valence-electron chi connectivity index (χ1n) is 5.67. The molecule has 2 saturated carbocycles. The molecule has 2 fully saturated rings. The van der Waals surface area contributed by atoms with Crippen molar-refractivity contribution in [3.05, 3.63) is 4.91 Å². The molecule has 2 amide bonds. The predicted octanol–water partition coefficient (Wildman–Crippen LogP) is 2.02. The van der Waals surface area contributed by atoms with E-state index in [-0.39, 0.29) is 6.04 Å². The lowest BCUT2D eigenvalue weighted by Gasteiger charge is -2.09. The lowest BCUT2D eigenvalue weighted by Crippen LogP contribution is -2.34. The summed E-state index contributed by atoms with van der Waals surface area (Å²) >= 11 is 0. The first kappa shape index (κ1) is 10.4. The van der Waals surface area contributed by atoms with Crippen LogP contribution in [0.4, 0.5) is 4.79 Å². The Kier molecular flexibility index (Phi) is 2.88. The van der Waals surface area contributed by atoms with Crippen LogP contribution >= 0.6 is 0 Å². The second-order valence-electron chi connectivity index (χ2n) is 4.57. The van der Waals surface area contributed by atoms with Gasteiger partial charge in [0.2, 0.25) is 0 Å². The largest absolute Gasteiger partial charge is 0.350 e. The average molecular weight is 211 g/mol. The molecular formula is C10H17N3O2. The molecule has 5 nitrogen and oxygen atoms in total. The van der Waals surface area contributed by atoms with Crippen molar-refractivity contribution in [1.82, 2.24) is 5.01 Å². The van der Waals surface area contributed by atoms with Gasteiger partial charge in [0, 0.05) is 0 Å². The summed E-state index contributed by atoms with van der Waals surface area (Å²) in [5.41, 5.74) is 5.11. The highest BCUT2D eigenvalue weighted by Gasteiger charge is 2.54. The van der Waals surface area contributed by atoms with Crippen LogP contribution in [0.3, 0.4) is 0 Å². The zero-order valence-corrected chi connectivity index (χ0v) is 8.76. The van der Waals surface area contributed by atoms with Gasteiger partial charge in [-0.05, 0) is 24.7 Å². The van der Waals surface area contributed by atoms with Gasteiger partial charge in [0.1, 0.15) is 0 Å². The Morgan fingerprint density at radius 1 is 1.13 bits per heavy atom. The first-order valence-corrected chi connectivity index (χ1v) is 5.67. The maximum atomic E-state index is 11.0. The van der Waals surface area contributed by atoms with Crippen molar-refractivity contribution in [3.8, 4) is 0 Å². The number of rotatable bonds is 2. The van der Waals surface area contributed by atoms with E-state index in [0.717, 1.165) is 17.9 Å². The van der Waals surface area contributed by atoms with Crippen molar-refractivity contribution in [2.75, 3.05) is 0 Å². The molecule has 2 aliphatic carbocycles. The molecule has 0 aliphatic heterocycles. The Morgan fingerprint density at radius 3 is 2.07 bits per heavy atom. The molecule has 0 aromatic heterocycles. The zero-order chi connectivity index (χ0) is 10.8. The molecule has 0 unspecified atom stereocenters. The number of amides is 2. The number of nitroso groups, excluding NO2 is 1. The monoisotopic (exact) mass is 211 g/mol. The second kappa shape index (κ2) is 4.16. The van der Waals surface area contributed by atoms with Gasteiger partial charge >= 0.3 is 6.03 Å². The fraction of sp³-hybridized carbons (Fsp3) is 0.900. The van der Waals surface area contributed by atoms with Crippen molar-refractivity contribution in [2.45, 2.75) is 44.6 Å². The number of primary amides is 1. The van der Waals surface area contributed by atoms with Crippen LogP contribution in [0, 0.1) is 16.7 Å². The molecule has 0 aromatic carbocycles. The van der Waals surface area contributed by atoms with Crippen LogP contribution in [-0.2, 0) is 0 Å². The minimum atomic E-state index is -0.707. The SMILES string of the molecule is NC(=O)N(N=O)C1[C@H]2CCCCCC[C@H]12. The third kappa shape index (κ3) is 1.96. The summed E-state index contributed by atoms with van der Waals surface area (Å²) in [5.74, 6) is 0.936. The topological polar surface area (TPSA) is 75.8 Å². The quantitative estimate of drug-likeness (QED) is 0.560. The van der Waals surface area contributed by atoms with E-state index in [1.54, 1.807) is 0 Å². The second-order valence-corrected chi connectivity index (χ2v) is 4.57. The number of nitrogens with two attached hydrogens (primary N) is 1. The van der Waals surface area contributed by atoms with Gasteiger partial charge in [0.25, 0.3) is 0 Å². The fourth-order valence-electron chi connectivity index (χ4n) is 2.91. The molecule has 0 aromatic rings. The lowest BCUT2D eigenvalue weighted by atomic mass is 10.0. The Labute approximate surface area is 88.9 Å². The molecule has 2 rings (SSSR count). The number of carbonyl (C=O) groups is 1. The van der Waals surface area contributed by atoms with Gasteiger partial charge in [0.15, 0.2) is 0 Å². The summed E-state index contributed by atoms with van der Waals surface area (Å²) in [7, 11) is 0. The van der Waals surface area contributed by atoms with Gasteiger partial charge in [-0.25, -0.2) is 4.79 Å². The molecule has 2 aliphatic rings. The fourth-order valence-corrected chi connectivity index (χ4v) is 2.91. The van der Waals surface area contributed by atoms with E-state index in [9.17, 15) is 9.70 Å². The van der Waals surface area contributed by atoms with E-state index in [1.165, 1.54) is 25.7 Å². The summed E-state index contributed by atoms with van der Waals surface area (Å²) in [5, 5.41) is 3.69. The van der Waals surface area contributed by atoms with Gasteiger partial charge in [-0.2, -0.15) is 5.01 Å². The molecule has 15 heavy (non-hydrogen) atoms. The Morgan fingerprint density at radius 2 is 1.67 bits per heavy atom. The molecule has 0 bridgehead atoms. The van der Waals surface area contributed by atoms with Gasteiger partial charge in [-0.1, -0.05) is 25.7 Å². The van der Waals surface area contributed by atoms with Crippen LogP contribution in [-0.4, -0.2) is 17.1 Å². The molecule has 5 heteroatoms. The highest BCUT2D eigenvalue weighted by atomic mass is 16.3. The molecular weight excluding hydrogens is 194 g/mol. The number of urea groups is 1. The van der Waals surface area contributed by atoms with Gasteiger partial charge < -0.3 is 5.73 Å². The van der Waals surface area contributed by atoms with E-state index in [2.05, 4.69) is 5.29 Å². The molecule has 0 radical (unpaired) electrons. The van der Waals surface area contributed by atoms with Crippen LogP contribution in [0.15, 0.2) is 5.29 Å². The van der Waals surface area contributed by atoms with Crippen LogP contribution in [0.1, 0.15) is 38.5 Å². The molecule has 0 heterocycles. The van der Waals surface area contributed by atoms with Crippen molar-refractivity contribution >= 4 is 6.03 Å². The van der Waals surface area contributed by atoms with Gasteiger partial charge in [-0.3, -0.25) is 0 Å². The third-order valence-corrected chi connectivity index (χ3v) is 3.71. The molecule has 0 spiro atoms. The van der Waals surface area contributed by atoms with Crippen LogP contribution in [0.2, 0.25) is 0 Å². The first-order chi connectivity index (χ1) is 7.25. The Balaban J connectivity index is 1.99. The Bertz CT molecular complexity index is 255. The maximum absolute atomic E-state index is 11.0. The molecule has 2 atom stereocenters. The molecule has 0 saturated heterocycles. The summed E-state index contributed by atoms with van der Waals surface area (Å²) < 4.78 is 0. The molecule has 84 valence electrons. The van der Waals surface area contributed by atoms with Gasteiger partial charge in [0.05, 0.1) is 11.3 Å². The normalized spacial score (nSPS) is 34.5. The standard InChI is InChI=1S/C10H17N3O2/c11-10(14)13(12-15)9-7-5-3-1-2-4-6-8(7)9/h7-9H,1-6H2,(H2,11,14)/t7-,8-/m0/s1. The van der Waals surface area contributed by atoms with E-state index >= 15 is 0 Å². The zero-order valence-electron chi connectivity index (χ0n) is 8.76. The minimum absolute atomic E-state index is 0.00176. The Hall–Kier alpha value is -1.13. The van der Waals surface area contributed by atoms with Crippen molar-refractivity contribution in [3.63, 3.8) is 0 Å². The van der Waals surface area contributed by atoms with E-state index in [4.69, 9.17) is 5.73 Å². The predicted molar refractivity (Wildman–Crippen MR) is 55.7 cm³/mol. The maximum Gasteiger partial charge on any atom is 0.338 e. The van der Waals surface area contributed by atoms with Crippen LogP contribution in [0.5, 0.6) is 0 Å². The summed E-state index contributed by atoms with van der Waals surface area (Å²) in [4.78, 5) is 21.5. The van der Waals surface area contributed by atoms with Crippen molar-refractivity contribution in [2.24, 2.45) is 22.9 Å². The molecule has 2 N–H and O–H groups in total. The van der Waals surface area contributed by atoms with Crippen LogP contribution in [0.25, 0.3) is 0 Å². The van der Waals surface area contributed by atoms with Crippen molar-refractivity contribution in [1.29, 1.82) is 0 Å².